The van der Waals surface area contributed by atoms with Gasteiger partial charge in [0, 0.05) is 22.9 Å². The van der Waals surface area contributed by atoms with Crippen molar-refractivity contribution in [2.24, 2.45) is 5.84 Å². The molecular formula is C15H27N3S. The average molecular weight is 281 g/mol. The summed E-state index contributed by atoms with van der Waals surface area (Å²) in [6, 6.07) is 4.68. The van der Waals surface area contributed by atoms with Crippen molar-refractivity contribution in [2.45, 2.75) is 57.5 Å². The Morgan fingerprint density at radius 2 is 2.05 bits per heavy atom. The number of nitrogens with one attached hydrogen (secondary N) is 1. The molecule has 0 saturated carbocycles. The lowest BCUT2D eigenvalue weighted by molar-refractivity contribution is 0.0623. The monoisotopic (exact) mass is 281 g/mol. The van der Waals surface area contributed by atoms with Crippen LogP contribution in [0.25, 0.3) is 0 Å². The molecule has 2 rings (SSSR count). The van der Waals surface area contributed by atoms with Gasteiger partial charge in [0.2, 0.25) is 0 Å². The Balaban J connectivity index is 2.18. The molecule has 3 nitrogen and oxygen atoms in total. The third kappa shape index (κ3) is 3.02. The zero-order chi connectivity index (χ0) is 13.7. The summed E-state index contributed by atoms with van der Waals surface area (Å²) < 4.78 is 0. The van der Waals surface area contributed by atoms with Crippen molar-refractivity contribution in [1.29, 1.82) is 0 Å². The number of nitrogens with two attached hydrogens (primary N) is 1. The minimum Gasteiger partial charge on any atom is -0.296 e. The fourth-order valence-electron chi connectivity index (χ4n) is 3.61. The number of hydrogen-bond acceptors (Lipinski definition) is 4. The van der Waals surface area contributed by atoms with Gasteiger partial charge < -0.3 is 0 Å². The summed E-state index contributed by atoms with van der Waals surface area (Å²) in [6.45, 7) is 7.07. The molecule has 1 saturated heterocycles. The second-order valence-corrected chi connectivity index (χ2v) is 6.54. The summed E-state index contributed by atoms with van der Waals surface area (Å²) in [4.78, 5) is 4.10. The standard InChI is InChI=1S/C15H27N3S/c1-3-15(4-2,18-9-5-6-10-18)14(17-16)12-13-8-7-11-19-13/h7-8,11,14,17H,3-6,9-10,12,16H2,1-2H3. The summed E-state index contributed by atoms with van der Waals surface area (Å²) in [5, 5.41) is 2.15. The van der Waals surface area contributed by atoms with E-state index in [1.165, 1.54) is 30.8 Å². The van der Waals surface area contributed by atoms with Gasteiger partial charge in [-0.05, 0) is 50.2 Å². The molecule has 19 heavy (non-hydrogen) atoms. The van der Waals surface area contributed by atoms with Crippen LogP contribution in [0.4, 0.5) is 0 Å². The van der Waals surface area contributed by atoms with E-state index < -0.39 is 0 Å². The van der Waals surface area contributed by atoms with Crippen molar-refractivity contribution in [3.05, 3.63) is 22.4 Å². The van der Waals surface area contributed by atoms with Crippen molar-refractivity contribution in [3.63, 3.8) is 0 Å². The third-order valence-electron chi connectivity index (χ3n) is 4.80. The largest absolute Gasteiger partial charge is 0.296 e. The van der Waals surface area contributed by atoms with Crippen LogP contribution in [0.1, 0.15) is 44.4 Å². The number of thiophene rings is 1. The van der Waals surface area contributed by atoms with Crippen LogP contribution in [0, 0.1) is 0 Å². The van der Waals surface area contributed by atoms with Gasteiger partial charge in [-0.3, -0.25) is 16.2 Å². The van der Waals surface area contributed by atoms with Gasteiger partial charge in [-0.2, -0.15) is 0 Å². The van der Waals surface area contributed by atoms with Crippen molar-refractivity contribution >= 4 is 11.3 Å². The third-order valence-corrected chi connectivity index (χ3v) is 5.69. The predicted octanol–water partition coefficient (Wildman–Crippen LogP) is 2.78. The Morgan fingerprint density at radius 1 is 1.37 bits per heavy atom. The molecule has 4 heteroatoms. The highest BCUT2D eigenvalue weighted by Crippen LogP contribution is 2.33. The van der Waals surface area contributed by atoms with E-state index in [2.05, 4.69) is 41.7 Å². The zero-order valence-corrected chi connectivity index (χ0v) is 13.0. The Kier molecular flexibility index (Phi) is 5.39. The first-order valence-corrected chi connectivity index (χ1v) is 8.38. The lowest BCUT2D eigenvalue weighted by Crippen LogP contribution is -2.62. The Hall–Kier alpha value is -0.420. The molecule has 108 valence electrons. The first-order chi connectivity index (χ1) is 9.26. The quantitative estimate of drug-likeness (QED) is 0.596. The number of hydrogen-bond donors (Lipinski definition) is 2. The number of nitrogens with zero attached hydrogens (tertiary/aromatic N) is 1. The predicted molar refractivity (Wildman–Crippen MR) is 83.3 cm³/mol. The van der Waals surface area contributed by atoms with Gasteiger partial charge in [-0.1, -0.05) is 19.9 Å². The smallest absolute Gasteiger partial charge is 0.0442 e. The molecule has 0 radical (unpaired) electrons. The summed E-state index contributed by atoms with van der Waals surface area (Å²) in [6.07, 6.45) is 6.01. The highest BCUT2D eigenvalue weighted by atomic mass is 32.1. The zero-order valence-electron chi connectivity index (χ0n) is 12.2. The van der Waals surface area contributed by atoms with Gasteiger partial charge in [-0.15, -0.1) is 11.3 Å². The molecule has 1 fully saturated rings. The van der Waals surface area contributed by atoms with E-state index in [0.717, 1.165) is 19.3 Å². The molecule has 1 aliphatic rings. The molecule has 0 aromatic carbocycles. The van der Waals surface area contributed by atoms with E-state index in [1.54, 1.807) is 0 Å². The Labute approximate surface area is 121 Å². The fraction of sp³-hybridized carbons (Fsp3) is 0.733. The summed E-state index contributed by atoms with van der Waals surface area (Å²) in [5.74, 6) is 5.92. The van der Waals surface area contributed by atoms with Gasteiger partial charge >= 0.3 is 0 Å². The van der Waals surface area contributed by atoms with Crippen LogP contribution in [0.3, 0.4) is 0 Å². The number of rotatable bonds is 7. The average Bonchev–Trinajstić information content (AvgIpc) is 3.12. The van der Waals surface area contributed by atoms with Crippen LogP contribution in [0.5, 0.6) is 0 Å². The van der Waals surface area contributed by atoms with Crippen molar-refractivity contribution in [3.8, 4) is 0 Å². The highest BCUT2D eigenvalue weighted by Gasteiger charge is 2.41. The lowest BCUT2D eigenvalue weighted by atomic mass is 9.81. The number of likely N-dealkylation sites (tertiary alicyclic amines) is 1. The molecule has 3 N–H and O–H groups in total. The molecule has 1 aliphatic heterocycles. The second-order valence-electron chi connectivity index (χ2n) is 5.51. The van der Waals surface area contributed by atoms with Crippen molar-refractivity contribution in [2.75, 3.05) is 13.1 Å². The van der Waals surface area contributed by atoms with Crippen LogP contribution >= 0.6 is 11.3 Å². The summed E-state index contributed by atoms with van der Waals surface area (Å²) >= 11 is 1.83. The Bertz CT molecular complexity index is 353. The van der Waals surface area contributed by atoms with Crippen LogP contribution in [0.15, 0.2) is 17.5 Å². The first kappa shape index (κ1) is 15.0. The van der Waals surface area contributed by atoms with Gasteiger partial charge in [0.15, 0.2) is 0 Å². The minimum absolute atomic E-state index is 0.204. The van der Waals surface area contributed by atoms with E-state index in [9.17, 15) is 0 Å². The van der Waals surface area contributed by atoms with Crippen LogP contribution < -0.4 is 11.3 Å². The molecule has 0 bridgehead atoms. The van der Waals surface area contributed by atoms with Gasteiger partial charge in [0.25, 0.3) is 0 Å². The molecular weight excluding hydrogens is 254 g/mol. The maximum atomic E-state index is 5.92. The molecule has 0 aliphatic carbocycles. The van der Waals surface area contributed by atoms with Crippen LogP contribution in [-0.2, 0) is 6.42 Å². The molecule has 1 aromatic heterocycles. The molecule has 1 unspecified atom stereocenters. The van der Waals surface area contributed by atoms with Gasteiger partial charge in [-0.25, -0.2) is 0 Å². The van der Waals surface area contributed by atoms with Crippen molar-refractivity contribution in [1.82, 2.24) is 10.3 Å². The molecule has 2 heterocycles. The van der Waals surface area contributed by atoms with Crippen LogP contribution in [0.2, 0.25) is 0 Å². The summed E-state index contributed by atoms with van der Waals surface area (Å²) in [7, 11) is 0. The summed E-state index contributed by atoms with van der Waals surface area (Å²) in [5.41, 5.74) is 3.33. The lowest BCUT2D eigenvalue weighted by Gasteiger charge is -2.46. The van der Waals surface area contributed by atoms with E-state index in [-0.39, 0.29) is 5.54 Å². The Morgan fingerprint density at radius 3 is 2.53 bits per heavy atom. The van der Waals surface area contributed by atoms with Crippen LogP contribution in [-0.4, -0.2) is 29.6 Å². The van der Waals surface area contributed by atoms with Gasteiger partial charge in [0.05, 0.1) is 0 Å². The normalized spacial score (nSPS) is 18.9. The highest BCUT2D eigenvalue weighted by molar-refractivity contribution is 7.09. The second kappa shape index (κ2) is 6.84. The molecule has 1 atom stereocenters. The van der Waals surface area contributed by atoms with E-state index >= 15 is 0 Å². The maximum Gasteiger partial charge on any atom is 0.0442 e. The molecule has 1 aromatic rings. The topological polar surface area (TPSA) is 41.3 Å². The number of hydrazine groups is 1. The maximum absolute atomic E-state index is 5.92. The van der Waals surface area contributed by atoms with Crippen molar-refractivity contribution < 1.29 is 0 Å². The van der Waals surface area contributed by atoms with Gasteiger partial charge in [0.1, 0.15) is 0 Å². The molecule has 0 spiro atoms. The molecule has 0 amide bonds. The minimum atomic E-state index is 0.204. The fourth-order valence-corrected chi connectivity index (χ4v) is 4.36. The first-order valence-electron chi connectivity index (χ1n) is 7.50. The van der Waals surface area contributed by atoms with E-state index in [1.807, 2.05) is 11.3 Å². The van der Waals surface area contributed by atoms with E-state index in [0.29, 0.717) is 6.04 Å². The SMILES string of the molecule is CCC(CC)(C(Cc1cccs1)NN)N1CCCC1. The van der Waals surface area contributed by atoms with E-state index in [4.69, 9.17) is 5.84 Å².